The fourth-order valence-corrected chi connectivity index (χ4v) is 8.88. The molecule has 2 aliphatic carbocycles. The van der Waals surface area contributed by atoms with Crippen LogP contribution in [-0.2, 0) is 0 Å². The molecule has 252 valence electrons. The molecule has 5 nitrogen and oxygen atoms in total. The van der Waals surface area contributed by atoms with Gasteiger partial charge in [0.2, 0.25) is 0 Å². The van der Waals surface area contributed by atoms with Crippen LogP contribution in [0.25, 0.3) is 94.7 Å². The van der Waals surface area contributed by atoms with Gasteiger partial charge in [-0.15, -0.1) is 0 Å². The number of benzene rings is 7. The molecule has 0 N–H and O–H groups in total. The first-order valence-corrected chi connectivity index (χ1v) is 18.3. The van der Waals surface area contributed by atoms with E-state index in [9.17, 15) is 0 Å². The van der Waals surface area contributed by atoms with Gasteiger partial charge in [0.15, 0.2) is 17.5 Å². The lowest BCUT2D eigenvalue weighted by Crippen LogP contribution is -2.17. The van der Waals surface area contributed by atoms with Crippen molar-refractivity contribution in [3.8, 4) is 62.2 Å². The van der Waals surface area contributed by atoms with Crippen molar-refractivity contribution in [1.82, 2.24) is 15.0 Å². The van der Waals surface area contributed by atoms with Crippen molar-refractivity contribution in [2.24, 2.45) is 0 Å². The molecule has 7 aromatic carbocycles. The van der Waals surface area contributed by atoms with Crippen molar-refractivity contribution in [1.29, 1.82) is 0 Å². The van der Waals surface area contributed by atoms with Crippen LogP contribution in [0.15, 0.2) is 168 Å². The second-order valence-corrected chi connectivity index (χ2v) is 14.2. The third-order valence-corrected chi connectivity index (χ3v) is 11.3. The van der Waals surface area contributed by atoms with Crippen LogP contribution in [-0.4, -0.2) is 21.1 Å². The maximum absolute atomic E-state index is 6.66. The molecule has 54 heavy (non-hydrogen) atoms. The highest BCUT2D eigenvalue weighted by atomic mass is 16.5. The summed E-state index contributed by atoms with van der Waals surface area (Å²) >= 11 is 0. The first-order chi connectivity index (χ1) is 26.8. The number of hydrogen-bond donors (Lipinski definition) is 0. The molecule has 0 fully saturated rings. The largest absolute Gasteiger partial charge is 0.485 e. The third-order valence-electron chi connectivity index (χ3n) is 11.3. The van der Waals surface area contributed by atoms with Gasteiger partial charge in [0.1, 0.15) is 23.0 Å². The molecule has 0 saturated heterocycles. The molecule has 1 aliphatic heterocycles. The lowest BCUT2D eigenvalue weighted by atomic mass is 9.85. The number of furan rings is 1. The van der Waals surface area contributed by atoms with Crippen LogP contribution in [0, 0.1) is 0 Å². The maximum atomic E-state index is 6.66. The first-order valence-electron chi connectivity index (χ1n) is 18.3. The second kappa shape index (κ2) is 11.2. The summed E-state index contributed by atoms with van der Waals surface area (Å²) in [7, 11) is 0. The van der Waals surface area contributed by atoms with Gasteiger partial charge in [-0.05, 0) is 74.5 Å². The molecule has 3 aliphatic rings. The Labute approximate surface area is 310 Å². The monoisotopic (exact) mass is 691 g/mol. The predicted octanol–water partition coefficient (Wildman–Crippen LogP) is 12.1. The molecule has 12 rings (SSSR count). The van der Waals surface area contributed by atoms with Crippen LogP contribution < -0.4 is 4.74 Å². The van der Waals surface area contributed by atoms with Crippen molar-refractivity contribution < 1.29 is 9.15 Å². The molecule has 2 atom stereocenters. The maximum Gasteiger partial charge on any atom is 0.164 e. The fourth-order valence-electron chi connectivity index (χ4n) is 8.88. The number of allylic oxidation sites excluding steroid dienone is 2. The van der Waals surface area contributed by atoms with Gasteiger partial charge in [0, 0.05) is 38.9 Å². The summed E-state index contributed by atoms with van der Waals surface area (Å²) in [6, 6.07) is 50.6. The molecular weight excluding hydrogens is 663 g/mol. The highest BCUT2D eigenvalue weighted by Crippen LogP contribution is 2.50. The van der Waals surface area contributed by atoms with Gasteiger partial charge in [-0.3, -0.25) is 0 Å². The Bertz CT molecular complexity index is 3070. The Kier molecular flexibility index (Phi) is 6.11. The van der Waals surface area contributed by atoms with Crippen LogP contribution in [0.5, 0.6) is 5.75 Å². The van der Waals surface area contributed by atoms with Crippen LogP contribution in [0.2, 0.25) is 0 Å². The molecule has 5 heteroatoms. The highest BCUT2D eigenvalue weighted by molar-refractivity contribution is 6.18. The Balaban J connectivity index is 1.08. The standard InChI is InChI=1S/C49H29N3O2/c1-2-11-28(12-3-1)29-23-24-37-43(27-29)54-42-22-10-19-39(46(37)42)49-51-47(35-26-25-34-31-14-5-4-13-30(31)32-16-8-17-33(35)44(32)34)50-48(52-49)38-18-9-21-41-45(38)36-15-6-7-20-40(36)53-41/h1-27,37,43H. The normalized spacial score (nSPS) is 16.3. The highest BCUT2D eigenvalue weighted by Gasteiger charge is 2.36. The molecule has 0 radical (unpaired) electrons. The van der Waals surface area contributed by atoms with Crippen LogP contribution >= 0.6 is 0 Å². The summed E-state index contributed by atoms with van der Waals surface area (Å²) in [6.45, 7) is 0. The van der Waals surface area contributed by atoms with Gasteiger partial charge in [-0.2, -0.15) is 0 Å². The van der Waals surface area contributed by atoms with E-state index in [2.05, 4.69) is 121 Å². The zero-order valence-electron chi connectivity index (χ0n) is 28.9. The quantitative estimate of drug-likeness (QED) is 0.184. The third kappa shape index (κ3) is 4.24. The van der Waals surface area contributed by atoms with Gasteiger partial charge in [-0.25, -0.2) is 15.0 Å². The second-order valence-electron chi connectivity index (χ2n) is 14.2. The summed E-state index contributed by atoms with van der Waals surface area (Å²) in [5, 5.41) is 4.36. The molecule has 2 unspecified atom stereocenters. The minimum absolute atomic E-state index is 0.0175. The van der Waals surface area contributed by atoms with E-state index >= 15 is 0 Å². The van der Waals surface area contributed by atoms with E-state index in [1.165, 1.54) is 33.2 Å². The summed E-state index contributed by atoms with van der Waals surface area (Å²) < 4.78 is 13.0. The lowest BCUT2D eigenvalue weighted by molar-refractivity contribution is 0.269. The Hall–Kier alpha value is -7.11. The van der Waals surface area contributed by atoms with Crippen LogP contribution in [0.1, 0.15) is 17.0 Å². The van der Waals surface area contributed by atoms with Gasteiger partial charge in [0.25, 0.3) is 0 Å². The van der Waals surface area contributed by atoms with E-state index in [0.29, 0.717) is 17.5 Å². The number of hydrogen-bond acceptors (Lipinski definition) is 5. The Morgan fingerprint density at radius 1 is 0.444 bits per heavy atom. The van der Waals surface area contributed by atoms with Crippen molar-refractivity contribution >= 4 is 38.3 Å². The summed E-state index contributed by atoms with van der Waals surface area (Å²) in [4.78, 5) is 16.0. The van der Waals surface area contributed by atoms with E-state index in [4.69, 9.17) is 24.1 Å². The summed E-state index contributed by atoms with van der Waals surface area (Å²) in [5.41, 5.74) is 12.8. The first kappa shape index (κ1) is 29.5. The minimum atomic E-state index is -0.133. The SMILES string of the molecule is C1=CC2c3c(cccc3-c3nc(-c4ccc5c6c(cccc46)-c4ccccc4-5)nc(-c4cccc5oc6ccccc6c45)n3)OC2C=C1c1ccccc1. The number of ether oxygens (including phenoxy) is 1. The van der Waals surface area contributed by atoms with E-state index in [1.54, 1.807) is 0 Å². The molecule has 0 saturated carbocycles. The Morgan fingerprint density at radius 3 is 1.93 bits per heavy atom. The average Bonchev–Trinajstić information content (AvgIpc) is 3.91. The summed E-state index contributed by atoms with van der Waals surface area (Å²) in [5.74, 6) is 2.70. The average molecular weight is 692 g/mol. The zero-order valence-corrected chi connectivity index (χ0v) is 28.9. The number of nitrogens with zero attached hydrogens (tertiary/aromatic N) is 3. The molecule has 0 amide bonds. The van der Waals surface area contributed by atoms with Crippen LogP contribution in [0.3, 0.4) is 0 Å². The molecule has 0 spiro atoms. The molecular formula is C49H29N3O2. The number of fused-ring (bicyclic) bond motifs is 9. The lowest BCUT2D eigenvalue weighted by Gasteiger charge is -2.19. The van der Waals surface area contributed by atoms with E-state index < -0.39 is 0 Å². The smallest absolute Gasteiger partial charge is 0.164 e. The number of rotatable bonds is 4. The fraction of sp³-hybridized carbons (Fsp3) is 0.0408. The van der Waals surface area contributed by atoms with E-state index in [-0.39, 0.29) is 12.0 Å². The van der Waals surface area contributed by atoms with Gasteiger partial charge in [0.05, 0.1) is 0 Å². The minimum Gasteiger partial charge on any atom is -0.485 e. The molecule has 3 heterocycles. The van der Waals surface area contributed by atoms with E-state index in [0.717, 1.165) is 60.9 Å². The number of para-hydroxylation sites is 1. The van der Waals surface area contributed by atoms with Crippen molar-refractivity contribution in [2.75, 3.05) is 0 Å². The van der Waals surface area contributed by atoms with Crippen molar-refractivity contribution in [3.63, 3.8) is 0 Å². The van der Waals surface area contributed by atoms with Gasteiger partial charge in [-0.1, -0.05) is 133 Å². The van der Waals surface area contributed by atoms with Gasteiger partial charge < -0.3 is 9.15 Å². The summed E-state index contributed by atoms with van der Waals surface area (Å²) in [6.07, 6.45) is 6.59. The van der Waals surface area contributed by atoms with Crippen molar-refractivity contribution in [2.45, 2.75) is 12.0 Å². The van der Waals surface area contributed by atoms with Crippen LogP contribution in [0.4, 0.5) is 0 Å². The molecule has 2 aromatic heterocycles. The van der Waals surface area contributed by atoms with Crippen molar-refractivity contribution in [3.05, 3.63) is 175 Å². The Morgan fingerprint density at radius 2 is 1.06 bits per heavy atom. The zero-order chi connectivity index (χ0) is 35.3. The molecule has 0 bridgehead atoms. The van der Waals surface area contributed by atoms with E-state index in [1.807, 2.05) is 42.5 Å². The predicted molar refractivity (Wildman–Crippen MR) is 216 cm³/mol. The van der Waals surface area contributed by atoms with Gasteiger partial charge >= 0.3 is 0 Å². The number of aromatic nitrogens is 3. The topological polar surface area (TPSA) is 61.0 Å². The molecule has 9 aromatic rings.